The van der Waals surface area contributed by atoms with Crippen LogP contribution in [0.4, 0.5) is 0 Å². The topological polar surface area (TPSA) is 58.5 Å². The van der Waals surface area contributed by atoms with Gasteiger partial charge in [-0.25, -0.2) is 4.98 Å². The van der Waals surface area contributed by atoms with Crippen molar-refractivity contribution < 1.29 is 4.74 Å². The Kier molecular flexibility index (Phi) is 8.42. The van der Waals surface area contributed by atoms with E-state index in [0.29, 0.717) is 13.2 Å². The molecule has 1 aromatic heterocycles. The highest BCUT2D eigenvalue weighted by atomic mass is 32.1. The smallest absolute Gasteiger partial charge is 0.191 e. The van der Waals surface area contributed by atoms with Gasteiger partial charge in [-0.3, -0.25) is 4.99 Å². The molecular formula is C19H28N4OS. The molecule has 0 aliphatic carbocycles. The summed E-state index contributed by atoms with van der Waals surface area (Å²) in [5.41, 5.74) is 2.33. The van der Waals surface area contributed by atoms with Crippen molar-refractivity contribution in [3.05, 3.63) is 51.5 Å². The minimum Gasteiger partial charge on any atom is -0.377 e. The van der Waals surface area contributed by atoms with Crippen molar-refractivity contribution in [1.82, 2.24) is 15.6 Å². The van der Waals surface area contributed by atoms with Gasteiger partial charge < -0.3 is 15.4 Å². The van der Waals surface area contributed by atoms with Gasteiger partial charge in [-0.15, -0.1) is 11.3 Å². The third-order valence-corrected chi connectivity index (χ3v) is 4.90. The van der Waals surface area contributed by atoms with Crippen LogP contribution in [0.5, 0.6) is 0 Å². The number of aromatic nitrogens is 1. The number of unbranched alkanes of at least 4 members (excludes halogenated alkanes) is 1. The zero-order chi connectivity index (χ0) is 17.9. The number of aryl methyl sites for hydroxylation is 2. The van der Waals surface area contributed by atoms with Crippen LogP contribution in [0, 0.1) is 13.8 Å². The molecule has 0 radical (unpaired) electrons. The molecular weight excluding hydrogens is 332 g/mol. The van der Waals surface area contributed by atoms with E-state index in [-0.39, 0.29) is 0 Å². The summed E-state index contributed by atoms with van der Waals surface area (Å²) >= 11 is 1.73. The molecule has 5 nitrogen and oxygen atoms in total. The molecule has 0 saturated heterocycles. The molecule has 1 aromatic carbocycles. The largest absolute Gasteiger partial charge is 0.377 e. The van der Waals surface area contributed by atoms with Gasteiger partial charge in [-0.1, -0.05) is 30.3 Å². The van der Waals surface area contributed by atoms with E-state index in [1.807, 2.05) is 25.1 Å². The number of thiazole rings is 1. The summed E-state index contributed by atoms with van der Waals surface area (Å²) in [6.45, 7) is 7.19. The first-order valence-corrected chi connectivity index (χ1v) is 9.50. The van der Waals surface area contributed by atoms with E-state index in [9.17, 15) is 0 Å². The molecule has 0 atom stereocenters. The minimum atomic E-state index is 0.685. The third kappa shape index (κ3) is 7.23. The third-order valence-electron chi connectivity index (χ3n) is 3.82. The van der Waals surface area contributed by atoms with Crippen molar-refractivity contribution in [3.8, 4) is 0 Å². The van der Waals surface area contributed by atoms with Crippen molar-refractivity contribution in [1.29, 1.82) is 0 Å². The van der Waals surface area contributed by atoms with E-state index < -0.39 is 0 Å². The van der Waals surface area contributed by atoms with E-state index in [0.717, 1.165) is 42.7 Å². The molecule has 136 valence electrons. The number of rotatable bonds is 9. The predicted molar refractivity (Wildman–Crippen MR) is 105 cm³/mol. The van der Waals surface area contributed by atoms with Crippen molar-refractivity contribution in [2.24, 2.45) is 4.99 Å². The molecule has 6 heteroatoms. The van der Waals surface area contributed by atoms with Crippen molar-refractivity contribution >= 4 is 17.3 Å². The summed E-state index contributed by atoms with van der Waals surface area (Å²) in [6.07, 6.45) is 2.08. The number of aliphatic imine (C=N–C) groups is 1. The molecule has 0 aliphatic rings. The summed E-state index contributed by atoms with van der Waals surface area (Å²) in [6, 6.07) is 10.3. The van der Waals surface area contributed by atoms with Crippen LogP contribution in [0.1, 0.15) is 34.0 Å². The Labute approximate surface area is 154 Å². The average molecular weight is 361 g/mol. The molecule has 25 heavy (non-hydrogen) atoms. The number of hydrogen-bond donors (Lipinski definition) is 2. The SMILES string of the molecule is CN=C(NCCCCOCc1ccccc1)NCc1nc(C)c(C)s1. The van der Waals surface area contributed by atoms with Gasteiger partial charge in [0.1, 0.15) is 5.01 Å². The first kappa shape index (κ1) is 19.4. The number of benzene rings is 1. The normalized spacial score (nSPS) is 11.6. The van der Waals surface area contributed by atoms with Crippen molar-refractivity contribution in [2.75, 3.05) is 20.2 Å². The first-order valence-electron chi connectivity index (χ1n) is 8.68. The van der Waals surface area contributed by atoms with Crippen LogP contribution >= 0.6 is 11.3 Å². The van der Waals surface area contributed by atoms with Gasteiger partial charge in [0.25, 0.3) is 0 Å². The molecule has 0 fully saturated rings. The Hall–Kier alpha value is -1.92. The lowest BCUT2D eigenvalue weighted by atomic mass is 10.2. The lowest BCUT2D eigenvalue weighted by molar-refractivity contribution is 0.117. The molecule has 2 N–H and O–H groups in total. The maximum Gasteiger partial charge on any atom is 0.191 e. The predicted octanol–water partition coefficient (Wildman–Crippen LogP) is 3.42. The van der Waals surface area contributed by atoms with Gasteiger partial charge in [0.2, 0.25) is 0 Å². The summed E-state index contributed by atoms with van der Waals surface area (Å²) in [5.74, 6) is 0.815. The molecule has 2 rings (SSSR count). The van der Waals surface area contributed by atoms with Crippen LogP contribution < -0.4 is 10.6 Å². The second-order valence-electron chi connectivity index (χ2n) is 5.85. The highest BCUT2D eigenvalue weighted by molar-refractivity contribution is 7.11. The Morgan fingerprint density at radius 2 is 1.96 bits per heavy atom. The average Bonchev–Trinajstić information content (AvgIpc) is 2.95. The number of ether oxygens (including phenoxy) is 1. The van der Waals surface area contributed by atoms with E-state index in [4.69, 9.17) is 4.74 Å². The van der Waals surface area contributed by atoms with E-state index >= 15 is 0 Å². The summed E-state index contributed by atoms with van der Waals surface area (Å²) in [5, 5.41) is 7.73. The summed E-state index contributed by atoms with van der Waals surface area (Å²) in [4.78, 5) is 10.0. The van der Waals surface area contributed by atoms with Gasteiger partial charge in [0.05, 0.1) is 18.8 Å². The molecule has 0 bridgehead atoms. The van der Waals surface area contributed by atoms with Crippen molar-refractivity contribution in [2.45, 2.75) is 39.8 Å². The van der Waals surface area contributed by atoms with Crippen LogP contribution in [0.2, 0.25) is 0 Å². The number of nitrogens with zero attached hydrogens (tertiary/aromatic N) is 2. The van der Waals surface area contributed by atoms with E-state index in [1.54, 1.807) is 18.4 Å². The molecule has 0 amide bonds. The molecule has 0 spiro atoms. The highest BCUT2D eigenvalue weighted by Gasteiger charge is 2.04. The Bertz CT molecular complexity index is 635. The zero-order valence-electron chi connectivity index (χ0n) is 15.3. The monoisotopic (exact) mass is 360 g/mol. The van der Waals surface area contributed by atoms with Crippen LogP contribution in [-0.4, -0.2) is 31.1 Å². The second-order valence-corrected chi connectivity index (χ2v) is 7.13. The fourth-order valence-electron chi connectivity index (χ4n) is 2.29. The van der Waals surface area contributed by atoms with Gasteiger partial charge in [0.15, 0.2) is 5.96 Å². The van der Waals surface area contributed by atoms with Gasteiger partial charge >= 0.3 is 0 Å². The fourth-order valence-corrected chi connectivity index (χ4v) is 3.17. The van der Waals surface area contributed by atoms with E-state index in [2.05, 4.69) is 39.7 Å². The van der Waals surface area contributed by atoms with Crippen LogP contribution in [-0.2, 0) is 17.9 Å². The lowest BCUT2D eigenvalue weighted by Crippen LogP contribution is -2.37. The first-order chi connectivity index (χ1) is 12.2. The van der Waals surface area contributed by atoms with Gasteiger partial charge in [-0.05, 0) is 32.3 Å². The lowest BCUT2D eigenvalue weighted by Gasteiger charge is -2.11. The Balaban J connectivity index is 1.53. The van der Waals surface area contributed by atoms with Crippen LogP contribution in [0.25, 0.3) is 0 Å². The minimum absolute atomic E-state index is 0.685. The van der Waals surface area contributed by atoms with Crippen molar-refractivity contribution in [3.63, 3.8) is 0 Å². The maximum absolute atomic E-state index is 5.69. The van der Waals surface area contributed by atoms with Crippen LogP contribution in [0.3, 0.4) is 0 Å². The molecule has 0 unspecified atom stereocenters. The zero-order valence-corrected chi connectivity index (χ0v) is 16.2. The number of guanidine groups is 1. The van der Waals surface area contributed by atoms with E-state index in [1.165, 1.54) is 10.4 Å². The maximum atomic E-state index is 5.69. The summed E-state index contributed by atoms with van der Waals surface area (Å²) < 4.78 is 5.69. The molecule has 0 saturated carbocycles. The van der Waals surface area contributed by atoms with Gasteiger partial charge in [0, 0.05) is 25.1 Å². The van der Waals surface area contributed by atoms with Gasteiger partial charge in [-0.2, -0.15) is 0 Å². The quantitative estimate of drug-likeness (QED) is 0.409. The Morgan fingerprint density at radius 3 is 2.64 bits per heavy atom. The highest BCUT2D eigenvalue weighted by Crippen LogP contribution is 2.15. The second kappa shape index (κ2) is 10.8. The number of hydrogen-bond acceptors (Lipinski definition) is 4. The molecule has 2 aromatic rings. The molecule has 0 aliphatic heterocycles. The fraction of sp³-hybridized carbons (Fsp3) is 0.474. The Morgan fingerprint density at radius 1 is 1.16 bits per heavy atom. The number of nitrogens with one attached hydrogen (secondary N) is 2. The standard InChI is InChI=1S/C19H28N4OS/c1-15-16(2)25-18(23-15)13-22-19(20-3)21-11-7-8-12-24-14-17-9-5-4-6-10-17/h4-6,9-10H,7-8,11-14H2,1-3H3,(H2,20,21,22). The van der Waals surface area contributed by atoms with Crippen LogP contribution in [0.15, 0.2) is 35.3 Å². The molecule has 1 heterocycles. The summed E-state index contributed by atoms with van der Waals surface area (Å²) in [7, 11) is 1.79.